The molecular formula is C13H19NO2S. The summed E-state index contributed by atoms with van der Waals surface area (Å²) in [5.74, 6) is -0.292. The van der Waals surface area contributed by atoms with E-state index in [2.05, 4.69) is 11.4 Å². The highest BCUT2D eigenvalue weighted by Crippen LogP contribution is 2.23. The molecule has 4 heteroatoms. The van der Waals surface area contributed by atoms with Gasteiger partial charge in [-0.05, 0) is 32.5 Å². The molecule has 3 nitrogen and oxygen atoms in total. The zero-order valence-corrected chi connectivity index (χ0v) is 11.3. The fourth-order valence-electron chi connectivity index (χ4n) is 1.51. The first-order valence-electron chi connectivity index (χ1n) is 5.66. The Labute approximate surface area is 107 Å². The van der Waals surface area contributed by atoms with Crippen LogP contribution in [0.1, 0.15) is 19.4 Å². The summed E-state index contributed by atoms with van der Waals surface area (Å²) in [6, 6.07) is 8.10. The van der Waals surface area contributed by atoms with Gasteiger partial charge in [-0.1, -0.05) is 24.6 Å². The van der Waals surface area contributed by atoms with Gasteiger partial charge in [-0.15, -0.1) is 11.8 Å². The van der Waals surface area contributed by atoms with Crippen LogP contribution in [-0.2, 0) is 4.79 Å². The molecule has 0 heterocycles. The van der Waals surface area contributed by atoms with Crippen LogP contribution in [0.25, 0.3) is 0 Å². The Hall–Kier alpha value is -1.00. The Morgan fingerprint density at radius 2 is 2.24 bits per heavy atom. The molecule has 1 aromatic rings. The van der Waals surface area contributed by atoms with Gasteiger partial charge in [0.25, 0.3) is 0 Å². The second-order valence-corrected chi connectivity index (χ2v) is 5.32. The molecule has 0 aliphatic carbocycles. The predicted molar refractivity (Wildman–Crippen MR) is 71.6 cm³/mol. The van der Waals surface area contributed by atoms with Gasteiger partial charge in [-0.3, -0.25) is 4.79 Å². The molecule has 0 spiro atoms. The average Bonchev–Trinajstić information content (AvgIpc) is 2.27. The highest BCUT2D eigenvalue weighted by atomic mass is 32.2. The molecule has 0 aliphatic heterocycles. The van der Waals surface area contributed by atoms with Crippen LogP contribution in [0.15, 0.2) is 29.2 Å². The summed E-state index contributed by atoms with van der Waals surface area (Å²) in [7, 11) is 0. The van der Waals surface area contributed by atoms with Crippen molar-refractivity contribution in [1.82, 2.24) is 5.32 Å². The molecule has 0 aromatic heterocycles. The number of aryl methyl sites for hydroxylation is 1. The molecule has 1 rings (SSSR count). The van der Waals surface area contributed by atoms with Crippen LogP contribution in [0.3, 0.4) is 0 Å². The smallest absolute Gasteiger partial charge is 0.324 e. The van der Waals surface area contributed by atoms with Crippen LogP contribution in [0.4, 0.5) is 0 Å². The molecule has 2 N–H and O–H groups in total. The molecule has 1 unspecified atom stereocenters. The number of carbonyl (C=O) groups is 1. The first kappa shape index (κ1) is 14.1. The lowest BCUT2D eigenvalue weighted by atomic mass is 10.1. The fourth-order valence-corrected chi connectivity index (χ4v) is 2.64. The number of thioether (sulfide) groups is 1. The SMILES string of the molecule is CCNC(C)(CSc1cccc(C)c1)C(=O)O. The summed E-state index contributed by atoms with van der Waals surface area (Å²) >= 11 is 1.57. The lowest BCUT2D eigenvalue weighted by molar-refractivity contribution is -0.143. The third kappa shape index (κ3) is 4.06. The van der Waals surface area contributed by atoms with Gasteiger partial charge in [-0.25, -0.2) is 0 Å². The molecule has 0 radical (unpaired) electrons. The number of aliphatic carboxylic acids is 1. The highest BCUT2D eigenvalue weighted by molar-refractivity contribution is 7.99. The van der Waals surface area contributed by atoms with Crippen molar-refractivity contribution < 1.29 is 9.90 Å². The predicted octanol–water partition coefficient (Wildman–Crippen LogP) is 2.54. The Kier molecular flexibility index (Phi) is 5.02. The monoisotopic (exact) mass is 253 g/mol. The lowest BCUT2D eigenvalue weighted by Gasteiger charge is -2.25. The van der Waals surface area contributed by atoms with Crippen molar-refractivity contribution in [3.8, 4) is 0 Å². The molecule has 1 atom stereocenters. The number of likely N-dealkylation sites (N-methyl/N-ethyl adjacent to an activating group) is 1. The van der Waals surface area contributed by atoms with E-state index in [4.69, 9.17) is 0 Å². The van der Waals surface area contributed by atoms with Crippen LogP contribution < -0.4 is 5.32 Å². The van der Waals surface area contributed by atoms with E-state index >= 15 is 0 Å². The fraction of sp³-hybridized carbons (Fsp3) is 0.462. The maximum Gasteiger partial charge on any atom is 0.324 e. The number of rotatable bonds is 6. The first-order chi connectivity index (χ1) is 7.98. The normalized spacial score (nSPS) is 14.3. The van der Waals surface area contributed by atoms with Crippen molar-refractivity contribution in [3.63, 3.8) is 0 Å². The van der Waals surface area contributed by atoms with Crippen LogP contribution in [-0.4, -0.2) is 28.9 Å². The van der Waals surface area contributed by atoms with Gasteiger partial charge in [-0.2, -0.15) is 0 Å². The number of nitrogens with one attached hydrogen (secondary N) is 1. The third-order valence-corrected chi connectivity index (χ3v) is 3.86. The molecule has 1 aromatic carbocycles. The molecule has 0 amide bonds. The largest absolute Gasteiger partial charge is 0.480 e. The van der Waals surface area contributed by atoms with Gasteiger partial charge >= 0.3 is 5.97 Å². The van der Waals surface area contributed by atoms with Crippen LogP contribution in [0.5, 0.6) is 0 Å². The average molecular weight is 253 g/mol. The quantitative estimate of drug-likeness (QED) is 0.765. The van der Waals surface area contributed by atoms with E-state index in [-0.39, 0.29) is 0 Å². The summed E-state index contributed by atoms with van der Waals surface area (Å²) in [4.78, 5) is 12.3. The summed E-state index contributed by atoms with van der Waals surface area (Å²) in [6.07, 6.45) is 0. The van der Waals surface area contributed by atoms with Gasteiger partial charge < -0.3 is 10.4 Å². The van der Waals surface area contributed by atoms with Crippen molar-refractivity contribution >= 4 is 17.7 Å². The summed E-state index contributed by atoms with van der Waals surface area (Å²) in [6.45, 7) is 6.32. The van der Waals surface area contributed by atoms with Crippen molar-refractivity contribution in [2.75, 3.05) is 12.3 Å². The van der Waals surface area contributed by atoms with E-state index in [0.717, 1.165) is 4.90 Å². The lowest BCUT2D eigenvalue weighted by Crippen LogP contribution is -2.51. The van der Waals surface area contributed by atoms with E-state index < -0.39 is 11.5 Å². The minimum atomic E-state index is -0.872. The Bertz CT molecular complexity index is 395. The van der Waals surface area contributed by atoms with Crippen molar-refractivity contribution in [1.29, 1.82) is 0 Å². The molecule has 94 valence electrons. The number of benzene rings is 1. The van der Waals surface area contributed by atoms with E-state index in [0.29, 0.717) is 12.3 Å². The van der Waals surface area contributed by atoms with Gasteiger partial charge in [0.15, 0.2) is 0 Å². The van der Waals surface area contributed by atoms with Crippen molar-refractivity contribution in [2.45, 2.75) is 31.2 Å². The van der Waals surface area contributed by atoms with Gasteiger partial charge in [0, 0.05) is 10.6 Å². The minimum absolute atomic E-state index is 0.514. The summed E-state index contributed by atoms with van der Waals surface area (Å²) in [5.41, 5.74) is 0.318. The van der Waals surface area contributed by atoms with Gasteiger partial charge in [0.2, 0.25) is 0 Å². The zero-order chi connectivity index (χ0) is 12.9. The first-order valence-corrected chi connectivity index (χ1v) is 6.64. The zero-order valence-electron chi connectivity index (χ0n) is 10.5. The maximum absolute atomic E-state index is 11.2. The topological polar surface area (TPSA) is 49.3 Å². The summed E-state index contributed by atoms with van der Waals surface area (Å²) in [5, 5.41) is 12.2. The molecule has 0 fully saturated rings. The van der Waals surface area contributed by atoms with Gasteiger partial charge in [0.05, 0.1) is 0 Å². The molecule has 0 saturated carbocycles. The summed E-state index contributed by atoms with van der Waals surface area (Å²) < 4.78 is 0. The standard InChI is InChI=1S/C13H19NO2S/c1-4-14-13(3,12(15)16)9-17-11-7-5-6-10(2)8-11/h5-8,14H,4,9H2,1-3H3,(H,15,16). The Balaban J connectivity index is 2.67. The van der Waals surface area contributed by atoms with Crippen LogP contribution in [0, 0.1) is 6.92 Å². The molecule has 0 aliphatic rings. The van der Waals surface area contributed by atoms with E-state index in [9.17, 15) is 9.90 Å². The van der Waals surface area contributed by atoms with Gasteiger partial charge in [0.1, 0.15) is 5.54 Å². The third-order valence-electron chi connectivity index (χ3n) is 2.56. The maximum atomic E-state index is 11.2. The Morgan fingerprint density at radius 1 is 1.53 bits per heavy atom. The minimum Gasteiger partial charge on any atom is -0.480 e. The second-order valence-electron chi connectivity index (χ2n) is 4.27. The van der Waals surface area contributed by atoms with Crippen LogP contribution in [0.2, 0.25) is 0 Å². The van der Waals surface area contributed by atoms with Crippen LogP contribution >= 0.6 is 11.8 Å². The molecule has 17 heavy (non-hydrogen) atoms. The van der Waals surface area contributed by atoms with Crippen molar-refractivity contribution in [3.05, 3.63) is 29.8 Å². The molecule has 0 saturated heterocycles. The van der Waals surface area contributed by atoms with E-state index in [1.54, 1.807) is 18.7 Å². The number of carboxylic acids is 1. The van der Waals surface area contributed by atoms with Crippen molar-refractivity contribution in [2.24, 2.45) is 0 Å². The number of hydrogen-bond acceptors (Lipinski definition) is 3. The molecule has 0 bridgehead atoms. The highest BCUT2D eigenvalue weighted by Gasteiger charge is 2.31. The second kappa shape index (κ2) is 6.07. The van der Waals surface area contributed by atoms with E-state index in [1.165, 1.54) is 5.56 Å². The molecular weight excluding hydrogens is 234 g/mol. The number of carboxylic acid groups (broad SMARTS) is 1. The number of hydrogen-bond donors (Lipinski definition) is 2. The Morgan fingerprint density at radius 3 is 2.76 bits per heavy atom. The van der Waals surface area contributed by atoms with E-state index in [1.807, 2.05) is 32.0 Å².